The summed E-state index contributed by atoms with van der Waals surface area (Å²) in [7, 11) is 1.60. The molecule has 26 heavy (non-hydrogen) atoms. The van der Waals surface area contributed by atoms with E-state index in [-0.39, 0.29) is 11.8 Å². The van der Waals surface area contributed by atoms with Crippen molar-refractivity contribution in [3.63, 3.8) is 0 Å². The summed E-state index contributed by atoms with van der Waals surface area (Å²) in [5.41, 5.74) is 3.36. The minimum Gasteiger partial charge on any atom is -0.357 e. The molecule has 138 valence electrons. The van der Waals surface area contributed by atoms with Crippen LogP contribution in [-0.4, -0.2) is 35.6 Å². The van der Waals surface area contributed by atoms with Crippen LogP contribution >= 0.6 is 11.8 Å². The van der Waals surface area contributed by atoms with Crippen molar-refractivity contribution in [2.45, 2.75) is 32.2 Å². The van der Waals surface area contributed by atoms with E-state index in [0.29, 0.717) is 12.3 Å². The van der Waals surface area contributed by atoms with Crippen LogP contribution in [-0.2, 0) is 21.9 Å². The highest BCUT2D eigenvalue weighted by molar-refractivity contribution is 7.99. The van der Waals surface area contributed by atoms with Crippen molar-refractivity contribution >= 4 is 23.6 Å². The molecule has 0 bridgehead atoms. The van der Waals surface area contributed by atoms with Crippen molar-refractivity contribution in [2.75, 3.05) is 12.8 Å². The molecule has 5 heteroatoms. The van der Waals surface area contributed by atoms with Gasteiger partial charge in [0.1, 0.15) is 6.04 Å². The van der Waals surface area contributed by atoms with Crippen molar-refractivity contribution < 1.29 is 9.59 Å². The van der Waals surface area contributed by atoms with E-state index in [2.05, 4.69) is 17.4 Å². The second-order valence-corrected chi connectivity index (χ2v) is 7.26. The van der Waals surface area contributed by atoms with Crippen LogP contribution in [0.1, 0.15) is 23.6 Å². The maximum atomic E-state index is 12.8. The lowest BCUT2D eigenvalue weighted by Crippen LogP contribution is -2.47. The van der Waals surface area contributed by atoms with Gasteiger partial charge in [-0.05, 0) is 25.0 Å². The summed E-state index contributed by atoms with van der Waals surface area (Å²) in [4.78, 5) is 26.6. The van der Waals surface area contributed by atoms with E-state index in [0.717, 1.165) is 16.9 Å². The van der Waals surface area contributed by atoms with Gasteiger partial charge in [-0.1, -0.05) is 60.2 Å². The molecule has 4 nitrogen and oxygen atoms in total. The Morgan fingerprint density at radius 3 is 2.42 bits per heavy atom. The normalized spacial score (nSPS) is 11.7. The number of hydrogen-bond donors (Lipinski definition) is 1. The van der Waals surface area contributed by atoms with Gasteiger partial charge in [-0.2, -0.15) is 0 Å². The summed E-state index contributed by atoms with van der Waals surface area (Å²) in [5.74, 6) is 0.948. The third-order valence-corrected chi connectivity index (χ3v) is 5.17. The summed E-state index contributed by atoms with van der Waals surface area (Å²) in [6.07, 6.45) is 0. The number of nitrogens with zero attached hydrogens (tertiary/aromatic N) is 1. The number of carbonyl (C=O) groups excluding carboxylic acids is 2. The van der Waals surface area contributed by atoms with E-state index < -0.39 is 6.04 Å². The van der Waals surface area contributed by atoms with Crippen LogP contribution in [0.2, 0.25) is 0 Å². The van der Waals surface area contributed by atoms with Gasteiger partial charge in [0.2, 0.25) is 11.8 Å². The maximum Gasteiger partial charge on any atom is 0.242 e. The average Bonchev–Trinajstić information content (AvgIpc) is 2.65. The first-order valence-electron chi connectivity index (χ1n) is 8.69. The summed E-state index contributed by atoms with van der Waals surface area (Å²) in [5, 5.41) is 2.64. The topological polar surface area (TPSA) is 49.4 Å². The molecule has 2 aromatic carbocycles. The third kappa shape index (κ3) is 5.92. The molecular formula is C21H26N2O2S. The van der Waals surface area contributed by atoms with Crippen molar-refractivity contribution in [1.82, 2.24) is 10.2 Å². The van der Waals surface area contributed by atoms with E-state index >= 15 is 0 Å². The van der Waals surface area contributed by atoms with Crippen LogP contribution in [0.25, 0.3) is 0 Å². The van der Waals surface area contributed by atoms with Crippen molar-refractivity contribution in [3.05, 3.63) is 71.3 Å². The molecule has 0 aromatic heterocycles. The molecule has 2 aromatic rings. The first-order chi connectivity index (χ1) is 12.5. The zero-order valence-corrected chi connectivity index (χ0v) is 16.4. The van der Waals surface area contributed by atoms with Gasteiger partial charge in [-0.3, -0.25) is 9.59 Å². The van der Waals surface area contributed by atoms with Gasteiger partial charge < -0.3 is 10.2 Å². The summed E-state index contributed by atoms with van der Waals surface area (Å²) in [6.45, 7) is 4.23. The highest BCUT2D eigenvalue weighted by Gasteiger charge is 2.25. The average molecular weight is 371 g/mol. The maximum absolute atomic E-state index is 12.8. The number of rotatable bonds is 8. The molecule has 0 aliphatic carbocycles. The molecule has 0 aliphatic heterocycles. The van der Waals surface area contributed by atoms with Crippen LogP contribution in [0.4, 0.5) is 0 Å². The Morgan fingerprint density at radius 1 is 1.08 bits per heavy atom. The van der Waals surface area contributed by atoms with E-state index in [9.17, 15) is 9.59 Å². The lowest BCUT2D eigenvalue weighted by Gasteiger charge is -2.28. The fourth-order valence-corrected chi connectivity index (χ4v) is 3.58. The number of thioether (sulfide) groups is 1. The van der Waals surface area contributed by atoms with Crippen molar-refractivity contribution in [1.29, 1.82) is 0 Å². The van der Waals surface area contributed by atoms with Crippen LogP contribution in [0.5, 0.6) is 0 Å². The molecular weight excluding hydrogens is 344 g/mol. The molecule has 2 rings (SSSR count). The first kappa shape index (κ1) is 20.0. The third-order valence-electron chi connectivity index (χ3n) is 4.19. The molecule has 0 fully saturated rings. The largest absolute Gasteiger partial charge is 0.357 e. The Kier molecular flexibility index (Phi) is 7.73. The Balaban J connectivity index is 2.04. The molecule has 0 spiro atoms. The van der Waals surface area contributed by atoms with E-state index in [4.69, 9.17) is 0 Å². The van der Waals surface area contributed by atoms with Gasteiger partial charge in [0.05, 0.1) is 5.75 Å². The molecule has 0 radical (unpaired) electrons. The quantitative estimate of drug-likeness (QED) is 0.775. The Morgan fingerprint density at radius 2 is 1.77 bits per heavy atom. The summed E-state index contributed by atoms with van der Waals surface area (Å²) >= 11 is 1.57. The lowest BCUT2D eigenvalue weighted by molar-refractivity contribution is -0.138. The second kappa shape index (κ2) is 10.0. The van der Waals surface area contributed by atoms with Gasteiger partial charge in [0.25, 0.3) is 0 Å². The number of aryl methyl sites for hydroxylation is 1. The van der Waals surface area contributed by atoms with Gasteiger partial charge in [-0.15, -0.1) is 11.8 Å². The number of amides is 2. The number of carbonyl (C=O) groups is 2. The first-order valence-corrected chi connectivity index (χ1v) is 9.85. The predicted octanol–water partition coefficient (Wildman–Crippen LogP) is 3.39. The summed E-state index contributed by atoms with van der Waals surface area (Å²) in [6, 6.07) is 17.6. The number of hydrogen-bond acceptors (Lipinski definition) is 3. The van der Waals surface area contributed by atoms with Crippen LogP contribution in [0, 0.1) is 6.92 Å². The second-order valence-electron chi connectivity index (χ2n) is 6.28. The Labute approximate surface area is 160 Å². The lowest BCUT2D eigenvalue weighted by atomic mass is 10.1. The standard InChI is InChI=1S/C21H26N2O2S/c1-16-8-7-11-19(12-16)13-23(17(2)21(25)22-3)20(24)15-26-14-18-9-5-4-6-10-18/h4-12,17H,13-15H2,1-3H3,(H,22,25)/t17-/m1/s1. The number of likely N-dealkylation sites (N-methyl/N-ethyl adjacent to an activating group) is 1. The van der Waals surface area contributed by atoms with Crippen molar-refractivity contribution in [3.8, 4) is 0 Å². The Hall–Kier alpha value is -2.27. The summed E-state index contributed by atoms with van der Waals surface area (Å²) < 4.78 is 0. The minimum atomic E-state index is -0.509. The van der Waals surface area contributed by atoms with Crippen molar-refractivity contribution in [2.24, 2.45) is 0 Å². The zero-order chi connectivity index (χ0) is 18.9. The molecule has 2 amide bonds. The highest BCUT2D eigenvalue weighted by atomic mass is 32.2. The molecule has 0 saturated heterocycles. The molecule has 1 N–H and O–H groups in total. The number of nitrogens with one attached hydrogen (secondary N) is 1. The van der Waals surface area contributed by atoms with E-state index in [1.165, 1.54) is 5.56 Å². The van der Waals surface area contributed by atoms with E-state index in [1.54, 1.807) is 30.6 Å². The predicted molar refractivity (Wildman–Crippen MR) is 108 cm³/mol. The zero-order valence-electron chi connectivity index (χ0n) is 15.6. The SMILES string of the molecule is CNC(=O)[C@@H](C)N(Cc1cccc(C)c1)C(=O)CSCc1ccccc1. The highest BCUT2D eigenvalue weighted by Crippen LogP contribution is 2.16. The van der Waals surface area contributed by atoms with E-state index in [1.807, 2.05) is 49.4 Å². The fourth-order valence-electron chi connectivity index (χ4n) is 2.71. The van der Waals surface area contributed by atoms with Gasteiger partial charge >= 0.3 is 0 Å². The van der Waals surface area contributed by atoms with Gasteiger partial charge in [0.15, 0.2) is 0 Å². The van der Waals surface area contributed by atoms with Gasteiger partial charge in [-0.25, -0.2) is 0 Å². The fraction of sp³-hybridized carbons (Fsp3) is 0.333. The molecule has 0 heterocycles. The molecule has 1 atom stereocenters. The Bertz CT molecular complexity index is 734. The van der Waals surface area contributed by atoms with Crippen LogP contribution in [0.3, 0.4) is 0 Å². The van der Waals surface area contributed by atoms with Crippen LogP contribution in [0.15, 0.2) is 54.6 Å². The monoisotopic (exact) mass is 370 g/mol. The molecule has 0 saturated carbocycles. The molecule has 0 aliphatic rings. The smallest absolute Gasteiger partial charge is 0.242 e. The molecule has 0 unspecified atom stereocenters. The van der Waals surface area contributed by atoms with Crippen LogP contribution < -0.4 is 5.32 Å². The van der Waals surface area contributed by atoms with Gasteiger partial charge in [0, 0.05) is 19.3 Å². The number of benzene rings is 2. The minimum absolute atomic E-state index is 0.0245.